The first-order valence-corrected chi connectivity index (χ1v) is 11.1. The SMILES string of the molecule is CCCN(C1CCNCC1)S(=O)(=O)C(C)CNC(=O)OCc1ccccc1. The number of rotatable bonds is 9. The number of carbonyl (C=O) groups excluding carboxylic acids is 1. The Morgan fingerprint density at radius 2 is 1.96 bits per heavy atom. The lowest BCUT2D eigenvalue weighted by molar-refractivity contribution is 0.139. The number of hydrogen-bond donors (Lipinski definition) is 2. The van der Waals surface area contributed by atoms with E-state index in [1.807, 2.05) is 37.3 Å². The van der Waals surface area contributed by atoms with Gasteiger partial charge >= 0.3 is 6.09 Å². The fourth-order valence-corrected chi connectivity index (χ4v) is 4.99. The fourth-order valence-electron chi connectivity index (χ4n) is 3.17. The summed E-state index contributed by atoms with van der Waals surface area (Å²) >= 11 is 0. The molecular weight excluding hydrogens is 366 g/mol. The van der Waals surface area contributed by atoms with Crippen molar-refractivity contribution < 1.29 is 17.9 Å². The van der Waals surface area contributed by atoms with E-state index in [2.05, 4.69) is 10.6 Å². The van der Waals surface area contributed by atoms with Crippen LogP contribution in [-0.4, -0.2) is 56.3 Å². The highest BCUT2D eigenvalue weighted by atomic mass is 32.2. The Bertz CT molecular complexity index is 675. The second kappa shape index (κ2) is 10.6. The number of ether oxygens (including phenoxy) is 1. The number of benzene rings is 1. The van der Waals surface area contributed by atoms with Crippen LogP contribution in [0.5, 0.6) is 0 Å². The van der Waals surface area contributed by atoms with E-state index in [9.17, 15) is 13.2 Å². The van der Waals surface area contributed by atoms with Crippen molar-refractivity contribution in [3.05, 3.63) is 35.9 Å². The van der Waals surface area contributed by atoms with Crippen molar-refractivity contribution in [2.75, 3.05) is 26.2 Å². The normalized spacial score (nSPS) is 16.9. The maximum Gasteiger partial charge on any atom is 0.407 e. The zero-order chi connectivity index (χ0) is 19.7. The monoisotopic (exact) mass is 397 g/mol. The maximum atomic E-state index is 13.0. The van der Waals surface area contributed by atoms with Crippen LogP contribution in [0.1, 0.15) is 38.7 Å². The minimum atomic E-state index is -3.49. The molecule has 2 N–H and O–H groups in total. The number of alkyl carbamates (subject to hydrolysis) is 1. The largest absolute Gasteiger partial charge is 0.445 e. The van der Waals surface area contributed by atoms with Gasteiger partial charge in [0.15, 0.2) is 0 Å². The van der Waals surface area contributed by atoms with E-state index < -0.39 is 21.4 Å². The Hall–Kier alpha value is -1.64. The standard InChI is InChI=1S/C19H31N3O4S/c1-3-13-22(18-9-11-20-12-10-18)27(24,25)16(2)14-21-19(23)26-15-17-7-5-4-6-8-17/h4-8,16,18,20H,3,9-15H2,1-2H3,(H,21,23). The first-order chi connectivity index (χ1) is 12.9. The van der Waals surface area contributed by atoms with E-state index in [0.29, 0.717) is 6.54 Å². The van der Waals surface area contributed by atoms with Crippen LogP contribution < -0.4 is 10.6 Å². The van der Waals surface area contributed by atoms with E-state index >= 15 is 0 Å². The minimum Gasteiger partial charge on any atom is -0.445 e. The number of amides is 1. The second-order valence-electron chi connectivity index (χ2n) is 6.89. The van der Waals surface area contributed by atoms with Crippen molar-refractivity contribution in [3.8, 4) is 0 Å². The predicted molar refractivity (Wildman–Crippen MR) is 106 cm³/mol. The zero-order valence-electron chi connectivity index (χ0n) is 16.2. The van der Waals surface area contributed by atoms with Crippen molar-refractivity contribution in [2.45, 2.75) is 51.0 Å². The third-order valence-corrected chi connectivity index (χ3v) is 7.06. The number of sulfonamides is 1. The summed E-state index contributed by atoms with van der Waals surface area (Å²) in [5.41, 5.74) is 0.883. The summed E-state index contributed by atoms with van der Waals surface area (Å²) in [7, 11) is -3.49. The Labute approximate surface area is 162 Å². The molecule has 152 valence electrons. The molecule has 1 fully saturated rings. The molecule has 27 heavy (non-hydrogen) atoms. The van der Waals surface area contributed by atoms with Crippen molar-refractivity contribution in [3.63, 3.8) is 0 Å². The van der Waals surface area contributed by atoms with Gasteiger partial charge in [0.25, 0.3) is 0 Å². The quantitative estimate of drug-likeness (QED) is 0.666. The van der Waals surface area contributed by atoms with Crippen LogP contribution in [0.2, 0.25) is 0 Å². The van der Waals surface area contributed by atoms with Crippen molar-refractivity contribution >= 4 is 16.1 Å². The Balaban J connectivity index is 1.87. The van der Waals surface area contributed by atoms with Gasteiger partial charge in [0.05, 0.1) is 5.25 Å². The molecule has 7 nitrogen and oxygen atoms in total. The summed E-state index contributed by atoms with van der Waals surface area (Å²) in [5, 5.41) is 5.14. The highest BCUT2D eigenvalue weighted by molar-refractivity contribution is 7.89. The highest BCUT2D eigenvalue weighted by Crippen LogP contribution is 2.20. The van der Waals surface area contributed by atoms with Crippen LogP contribution in [0.25, 0.3) is 0 Å². The van der Waals surface area contributed by atoms with E-state index in [4.69, 9.17) is 4.74 Å². The van der Waals surface area contributed by atoms with Crippen LogP contribution in [0.4, 0.5) is 4.79 Å². The summed E-state index contributed by atoms with van der Waals surface area (Å²) in [4.78, 5) is 11.9. The van der Waals surface area contributed by atoms with Gasteiger partial charge < -0.3 is 15.4 Å². The lowest BCUT2D eigenvalue weighted by Gasteiger charge is -2.35. The molecule has 2 rings (SSSR count). The van der Waals surface area contributed by atoms with Gasteiger partial charge in [-0.05, 0) is 44.8 Å². The molecule has 1 aliphatic heterocycles. The first kappa shape index (κ1) is 21.7. The number of piperidine rings is 1. The molecule has 1 aromatic rings. The van der Waals surface area contributed by atoms with Gasteiger partial charge in [-0.2, -0.15) is 4.31 Å². The highest BCUT2D eigenvalue weighted by Gasteiger charge is 2.34. The van der Waals surface area contributed by atoms with Gasteiger partial charge in [-0.25, -0.2) is 13.2 Å². The zero-order valence-corrected chi connectivity index (χ0v) is 17.0. The second-order valence-corrected chi connectivity index (χ2v) is 9.19. The number of nitrogens with zero attached hydrogens (tertiary/aromatic N) is 1. The third kappa shape index (κ3) is 6.48. The van der Waals surface area contributed by atoms with E-state index in [1.165, 1.54) is 0 Å². The molecule has 0 spiro atoms. The van der Waals surface area contributed by atoms with Gasteiger partial charge in [0.1, 0.15) is 6.61 Å². The molecule has 1 heterocycles. The van der Waals surface area contributed by atoms with E-state index in [-0.39, 0.29) is 19.2 Å². The van der Waals surface area contributed by atoms with E-state index in [0.717, 1.165) is 37.9 Å². The Kier molecular flexibility index (Phi) is 8.53. The summed E-state index contributed by atoms with van der Waals surface area (Å²) in [6, 6.07) is 9.39. The maximum absolute atomic E-state index is 13.0. The molecule has 1 amide bonds. The number of hydrogen-bond acceptors (Lipinski definition) is 5. The van der Waals surface area contributed by atoms with Crippen LogP contribution in [0.15, 0.2) is 30.3 Å². The van der Waals surface area contributed by atoms with Crippen LogP contribution >= 0.6 is 0 Å². The molecule has 0 aliphatic carbocycles. The summed E-state index contributed by atoms with van der Waals surface area (Å²) in [5.74, 6) is 0. The average molecular weight is 398 g/mol. The van der Waals surface area contributed by atoms with Gasteiger partial charge in [-0.1, -0.05) is 37.3 Å². The van der Waals surface area contributed by atoms with Crippen LogP contribution in [0.3, 0.4) is 0 Å². The third-order valence-electron chi connectivity index (χ3n) is 4.74. The molecule has 1 saturated heterocycles. The molecule has 0 aromatic heterocycles. The summed E-state index contributed by atoms with van der Waals surface area (Å²) in [6.07, 6.45) is 1.80. The van der Waals surface area contributed by atoms with Gasteiger partial charge in [0.2, 0.25) is 10.0 Å². The molecule has 1 unspecified atom stereocenters. The first-order valence-electron chi connectivity index (χ1n) is 9.61. The molecule has 8 heteroatoms. The topological polar surface area (TPSA) is 87.7 Å². The van der Waals surface area contributed by atoms with Crippen LogP contribution in [-0.2, 0) is 21.4 Å². The molecular formula is C19H31N3O4S. The van der Waals surface area contributed by atoms with E-state index in [1.54, 1.807) is 11.2 Å². The molecule has 0 saturated carbocycles. The van der Waals surface area contributed by atoms with Gasteiger partial charge in [-0.15, -0.1) is 0 Å². The molecule has 0 radical (unpaired) electrons. The van der Waals surface area contributed by atoms with Crippen molar-refractivity contribution in [2.24, 2.45) is 0 Å². The lowest BCUT2D eigenvalue weighted by Crippen LogP contribution is -2.50. The summed E-state index contributed by atoms with van der Waals surface area (Å²) in [6.45, 7) is 5.98. The minimum absolute atomic E-state index is 0.0289. The van der Waals surface area contributed by atoms with Crippen LogP contribution in [0, 0.1) is 0 Å². The fraction of sp³-hybridized carbons (Fsp3) is 0.632. The van der Waals surface area contributed by atoms with Gasteiger partial charge in [-0.3, -0.25) is 0 Å². The number of nitrogens with one attached hydrogen (secondary N) is 2. The molecule has 1 aromatic carbocycles. The Morgan fingerprint density at radius 3 is 2.59 bits per heavy atom. The average Bonchev–Trinajstić information content (AvgIpc) is 2.69. The molecule has 0 bridgehead atoms. The van der Waals surface area contributed by atoms with Crippen molar-refractivity contribution in [1.29, 1.82) is 0 Å². The van der Waals surface area contributed by atoms with Gasteiger partial charge in [0, 0.05) is 19.1 Å². The predicted octanol–water partition coefficient (Wildman–Crippen LogP) is 2.10. The Morgan fingerprint density at radius 1 is 1.30 bits per heavy atom. The van der Waals surface area contributed by atoms with Crippen molar-refractivity contribution in [1.82, 2.24) is 14.9 Å². The molecule has 1 aliphatic rings. The smallest absolute Gasteiger partial charge is 0.407 e. The lowest BCUT2D eigenvalue weighted by atomic mass is 10.1. The summed E-state index contributed by atoms with van der Waals surface area (Å²) < 4.78 is 32.8. The number of carbonyl (C=O) groups is 1. The molecule has 1 atom stereocenters.